The highest BCUT2D eigenvalue weighted by molar-refractivity contribution is 9.10. The molecule has 1 aromatic heterocycles. The van der Waals surface area contributed by atoms with E-state index in [1.807, 2.05) is 30.5 Å². The molecule has 0 spiro atoms. The first-order chi connectivity index (χ1) is 7.69. The van der Waals surface area contributed by atoms with Crippen molar-refractivity contribution in [2.75, 3.05) is 0 Å². The van der Waals surface area contributed by atoms with Crippen molar-refractivity contribution >= 4 is 39.0 Å². The molecule has 2 aromatic rings. The van der Waals surface area contributed by atoms with Crippen molar-refractivity contribution in [2.45, 2.75) is 22.8 Å². The molecule has 84 valence electrons. The lowest BCUT2D eigenvalue weighted by Crippen LogP contribution is -1.87. The molecule has 2 nitrogen and oxygen atoms in total. The van der Waals surface area contributed by atoms with Crippen LogP contribution in [0.25, 0.3) is 0 Å². The maximum atomic E-state index is 9.25. The third kappa shape index (κ3) is 2.85. The highest BCUT2D eigenvalue weighted by Gasteiger charge is 2.07. The van der Waals surface area contributed by atoms with E-state index in [2.05, 4.69) is 20.9 Å². The zero-order valence-corrected chi connectivity index (χ0v) is 11.8. The average molecular weight is 316 g/mol. The first kappa shape index (κ1) is 12.1. The minimum absolute atomic E-state index is 0.0555. The molecule has 16 heavy (non-hydrogen) atoms. The van der Waals surface area contributed by atoms with E-state index in [0.29, 0.717) is 0 Å². The molecule has 0 saturated heterocycles. The summed E-state index contributed by atoms with van der Waals surface area (Å²) in [4.78, 5) is 5.44. The largest absolute Gasteiger partial charge is 0.392 e. The molecule has 1 aromatic carbocycles. The van der Waals surface area contributed by atoms with Crippen molar-refractivity contribution in [3.05, 3.63) is 39.3 Å². The third-order valence-electron chi connectivity index (χ3n) is 1.99. The zero-order valence-electron chi connectivity index (χ0n) is 8.61. The Morgan fingerprint density at radius 3 is 2.94 bits per heavy atom. The van der Waals surface area contributed by atoms with Crippen molar-refractivity contribution in [3.63, 3.8) is 0 Å². The number of benzene rings is 1. The van der Waals surface area contributed by atoms with Gasteiger partial charge >= 0.3 is 0 Å². The molecule has 0 aliphatic rings. The van der Waals surface area contributed by atoms with Gasteiger partial charge in [0.25, 0.3) is 0 Å². The van der Waals surface area contributed by atoms with Crippen LogP contribution in [-0.4, -0.2) is 10.1 Å². The van der Waals surface area contributed by atoms with Crippen LogP contribution in [0.4, 0.5) is 0 Å². The lowest BCUT2D eigenvalue weighted by atomic mass is 10.2. The highest BCUT2D eigenvalue weighted by atomic mass is 79.9. The smallest absolute Gasteiger partial charge is 0.154 e. The molecule has 0 radical (unpaired) electrons. The predicted octanol–water partition coefficient (Wildman–Crippen LogP) is 3.86. The van der Waals surface area contributed by atoms with Gasteiger partial charge in [-0.05, 0) is 24.6 Å². The molecule has 0 bridgehead atoms. The lowest BCUT2D eigenvalue weighted by molar-refractivity contribution is 0.279. The summed E-state index contributed by atoms with van der Waals surface area (Å²) in [6, 6.07) is 5.86. The molecule has 0 aliphatic carbocycles. The highest BCUT2D eigenvalue weighted by Crippen LogP contribution is 2.34. The van der Waals surface area contributed by atoms with Crippen LogP contribution in [-0.2, 0) is 6.61 Å². The molecule has 0 fully saturated rings. The second-order valence-electron chi connectivity index (χ2n) is 3.27. The Morgan fingerprint density at radius 1 is 1.50 bits per heavy atom. The molecule has 1 heterocycles. The Morgan fingerprint density at radius 2 is 2.31 bits per heavy atom. The van der Waals surface area contributed by atoms with Gasteiger partial charge in [0.15, 0.2) is 4.34 Å². The summed E-state index contributed by atoms with van der Waals surface area (Å²) in [5.41, 5.74) is 1.97. The minimum atomic E-state index is 0.0555. The molecule has 0 amide bonds. The zero-order chi connectivity index (χ0) is 11.5. The molecular formula is C11H10BrNOS2. The second kappa shape index (κ2) is 5.31. The fourth-order valence-corrected chi connectivity index (χ4v) is 3.69. The van der Waals surface area contributed by atoms with E-state index >= 15 is 0 Å². The van der Waals surface area contributed by atoms with E-state index in [0.717, 1.165) is 25.0 Å². The van der Waals surface area contributed by atoms with Crippen LogP contribution in [0.3, 0.4) is 0 Å². The van der Waals surface area contributed by atoms with Gasteiger partial charge in [0.2, 0.25) is 0 Å². The summed E-state index contributed by atoms with van der Waals surface area (Å²) in [6.45, 7) is 2.04. The van der Waals surface area contributed by atoms with Crippen molar-refractivity contribution in [1.29, 1.82) is 0 Å². The molecule has 0 atom stereocenters. The van der Waals surface area contributed by atoms with Crippen LogP contribution >= 0.6 is 39.0 Å². The first-order valence-electron chi connectivity index (χ1n) is 4.68. The van der Waals surface area contributed by atoms with Crippen molar-refractivity contribution in [1.82, 2.24) is 4.98 Å². The van der Waals surface area contributed by atoms with Crippen molar-refractivity contribution in [2.24, 2.45) is 0 Å². The van der Waals surface area contributed by atoms with Crippen LogP contribution in [0.15, 0.2) is 37.3 Å². The monoisotopic (exact) mass is 315 g/mol. The lowest BCUT2D eigenvalue weighted by Gasteiger charge is -2.05. The van der Waals surface area contributed by atoms with Crippen LogP contribution in [0.5, 0.6) is 0 Å². The summed E-state index contributed by atoms with van der Waals surface area (Å²) in [5, 5.41) is 11.3. The number of nitrogens with zero attached hydrogens (tertiary/aromatic N) is 1. The number of hydrogen-bond acceptors (Lipinski definition) is 4. The van der Waals surface area contributed by atoms with Gasteiger partial charge in [-0.15, -0.1) is 11.3 Å². The standard InChI is InChI=1S/C11H10BrNOS2/c1-7-6-15-11(13-7)16-10-4-9(12)3-2-8(10)5-14/h2-4,6,14H,5H2,1H3. The number of halogens is 1. The van der Waals surface area contributed by atoms with Gasteiger partial charge in [0.05, 0.1) is 6.61 Å². The van der Waals surface area contributed by atoms with Gasteiger partial charge in [-0.1, -0.05) is 33.8 Å². The van der Waals surface area contributed by atoms with Crippen molar-refractivity contribution < 1.29 is 5.11 Å². The fourth-order valence-electron chi connectivity index (χ4n) is 1.23. The maximum absolute atomic E-state index is 9.25. The van der Waals surface area contributed by atoms with Gasteiger partial charge in [-0.2, -0.15) is 0 Å². The molecule has 5 heteroatoms. The molecular weight excluding hydrogens is 306 g/mol. The Labute approximate surface area is 111 Å². The van der Waals surface area contributed by atoms with Crippen LogP contribution in [0.1, 0.15) is 11.3 Å². The SMILES string of the molecule is Cc1csc(Sc2cc(Br)ccc2CO)n1. The van der Waals surface area contributed by atoms with E-state index in [9.17, 15) is 5.11 Å². The first-order valence-corrected chi connectivity index (χ1v) is 7.17. The average Bonchev–Trinajstić information content (AvgIpc) is 2.64. The van der Waals surface area contributed by atoms with E-state index in [-0.39, 0.29) is 6.61 Å². The number of aryl methyl sites for hydroxylation is 1. The Balaban J connectivity index is 2.29. The summed E-state index contributed by atoms with van der Waals surface area (Å²) < 4.78 is 2.02. The van der Waals surface area contributed by atoms with Gasteiger partial charge in [-0.25, -0.2) is 4.98 Å². The Hall–Kier alpha value is -0.360. The summed E-state index contributed by atoms with van der Waals surface area (Å²) in [7, 11) is 0. The van der Waals surface area contributed by atoms with Gasteiger partial charge < -0.3 is 5.11 Å². The number of aliphatic hydroxyl groups is 1. The van der Waals surface area contributed by atoms with Crippen molar-refractivity contribution in [3.8, 4) is 0 Å². The number of aromatic nitrogens is 1. The number of thiazole rings is 1. The summed E-state index contributed by atoms with van der Waals surface area (Å²) >= 11 is 6.65. The van der Waals surface area contributed by atoms with Crippen LogP contribution < -0.4 is 0 Å². The molecule has 0 saturated carbocycles. The normalized spacial score (nSPS) is 10.7. The van der Waals surface area contributed by atoms with E-state index in [4.69, 9.17) is 0 Å². The molecule has 0 unspecified atom stereocenters. The number of aliphatic hydroxyl groups excluding tert-OH is 1. The van der Waals surface area contributed by atoms with Gasteiger partial charge in [0, 0.05) is 20.4 Å². The topological polar surface area (TPSA) is 33.1 Å². The maximum Gasteiger partial charge on any atom is 0.154 e. The molecule has 0 aliphatic heterocycles. The summed E-state index contributed by atoms with van der Waals surface area (Å²) in [6.07, 6.45) is 0. The second-order valence-corrected chi connectivity index (χ2v) is 6.33. The predicted molar refractivity (Wildman–Crippen MR) is 71.0 cm³/mol. The number of rotatable bonds is 3. The Bertz CT molecular complexity index is 498. The quantitative estimate of drug-likeness (QED) is 0.933. The molecule has 2 rings (SSSR count). The molecule has 1 N–H and O–H groups in total. The van der Waals surface area contributed by atoms with E-state index in [1.165, 1.54) is 0 Å². The van der Waals surface area contributed by atoms with Gasteiger partial charge in [0.1, 0.15) is 0 Å². The van der Waals surface area contributed by atoms with Gasteiger partial charge in [-0.3, -0.25) is 0 Å². The minimum Gasteiger partial charge on any atom is -0.392 e. The number of hydrogen-bond donors (Lipinski definition) is 1. The summed E-state index contributed by atoms with van der Waals surface area (Å²) in [5.74, 6) is 0. The third-order valence-corrected chi connectivity index (χ3v) is 4.64. The van der Waals surface area contributed by atoms with E-state index < -0.39 is 0 Å². The van der Waals surface area contributed by atoms with Crippen LogP contribution in [0, 0.1) is 6.92 Å². The Kier molecular flexibility index (Phi) is 4.02. The fraction of sp³-hybridized carbons (Fsp3) is 0.182. The van der Waals surface area contributed by atoms with E-state index in [1.54, 1.807) is 23.1 Å². The van der Waals surface area contributed by atoms with Crippen LogP contribution in [0.2, 0.25) is 0 Å².